The van der Waals surface area contributed by atoms with E-state index in [1.807, 2.05) is 4.72 Å². The molecule has 2 bridgehead atoms. The monoisotopic (exact) mass is 848 g/mol. The maximum atomic E-state index is 14.8. The van der Waals surface area contributed by atoms with E-state index in [1.54, 1.807) is 20.8 Å². The van der Waals surface area contributed by atoms with E-state index in [2.05, 4.69) is 22.5 Å². The van der Waals surface area contributed by atoms with E-state index in [4.69, 9.17) is 14.5 Å². The number of aromatic nitrogens is 2. The Hall–Kier alpha value is -4.22. The standard InChI is InChI=1S/C41H55F3N6O8S/c1-6-22-12-15-31-25(22)10-8-7-9-11-28-35(46-29-18-23(42)13-14-27(29)45-28)57-24-19-30(50(21-24)36(52)32(39(2,3)4)47-38(54)58-31)34(51)48-41(20-26(41)33(43)44)37(53)49-59(55,56)40(5)16-17-40/h13-14,18,22,24-26,30-33H,6-12,15-17,19-21H2,1-5H3,(H,47,54)(H,48,51)(H,49,53)/t22-,24+,25+,26-,30-,31+,32+,41+/m0/s1. The van der Waals surface area contributed by atoms with Crippen molar-refractivity contribution < 1.29 is 50.2 Å². The lowest BCUT2D eigenvalue weighted by molar-refractivity contribution is -0.143. The normalized spacial score (nSPS) is 31.2. The number of ether oxygens (including phenoxy) is 2. The minimum absolute atomic E-state index is 0.0910. The van der Waals surface area contributed by atoms with E-state index in [0.717, 1.165) is 32.1 Å². The summed E-state index contributed by atoms with van der Waals surface area (Å²) in [6, 6.07) is 1.38. The molecule has 324 valence electrons. The first-order valence-corrected chi connectivity index (χ1v) is 22.3. The molecule has 1 aromatic heterocycles. The molecule has 0 radical (unpaired) electrons. The van der Waals surface area contributed by atoms with E-state index in [9.17, 15) is 40.8 Å². The van der Waals surface area contributed by atoms with Crippen LogP contribution in [0.4, 0.5) is 18.0 Å². The van der Waals surface area contributed by atoms with Gasteiger partial charge in [-0.2, -0.15) is 0 Å². The predicted octanol–water partition coefficient (Wildman–Crippen LogP) is 5.32. The first-order chi connectivity index (χ1) is 27.7. The highest BCUT2D eigenvalue weighted by Crippen LogP contribution is 2.49. The average molecular weight is 849 g/mol. The van der Waals surface area contributed by atoms with Gasteiger partial charge in [0.15, 0.2) is 0 Å². The molecule has 3 saturated carbocycles. The molecule has 18 heteroatoms. The van der Waals surface area contributed by atoms with Crippen LogP contribution in [0.25, 0.3) is 11.0 Å². The number of nitrogens with zero attached hydrogens (tertiary/aromatic N) is 3. The third kappa shape index (κ3) is 8.69. The fourth-order valence-corrected chi connectivity index (χ4v) is 10.4. The zero-order valence-corrected chi connectivity index (χ0v) is 35.0. The smallest absolute Gasteiger partial charge is 0.408 e. The van der Waals surface area contributed by atoms with Crippen LogP contribution in [0.5, 0.6) is 5.88 Å². The summed E-state index contributed by atoms with van der Waals surface area (Å²) in [4.78, 5) is 67.0. The molecule has 2 aromatic rings. The maximum Gasteiger partial charge on any atom is 0.408 e. The SMILES string of the molecule is CC[C@H]1CC[C@H]2OC(=O)N[C@@H](C(C)(C)C)C(=O)N3C[C@@H](C[C@H]3C(=O)N[C@]3(C(=O)NS(=O)(=O)C4(C)CC4)C[C@H]3C(F)F)Oc3nc4cc(F)ccc4nc3CCCCC[C@H]12. The number of fused-ring (bicyclic) bond motifs is 5. The van der Waals surface area contributed by atoms with Gasteiger partial charge in [-0.1, -0.05) is 47.0 Å². The molecule has 0 unspecified atom stereocenters. The lowest BCUT2D eigenvalue weighted by atomic mass is 9.85. The molecule has 1 saturated heterocycles. The zero-order valence-electron chi connectivity index (χ0n) is 34.2. The van der Waals surface area contributed by atoms with Crippen LogP contribution in [0.15, 0.2) is 18.2 Å². The number of amides is 4. The second kappa shape index (κ2) is 16.0. The summed E-state index contributed by atoms with van der Waals surface area (Å²) in [7, 11) is -4.25. The number of halogens is 3. The molecule has 4 amide bonds. The summed E-state index contributed by atoms with van der Waals surface area (Å²) in [5, 5.41) is 5.21. The molecule has 59 heavy (non-hydrogen) atoms. The third-order valence-corrected chi connectivity index (χ3v) is 15.4. The van der Waals surface area contributed by atoms with E-state index < -0.39 is 92.3 Å². The van der Waals surface area contributed by atoms with Crippen LogP contribution in [0.2, 0.25) is 0 Å². The molecule has 3 heterocycles. The molecule has 2 aliphatic heterocycles. The Morgan fingerprint density at radius 2 is 1.80 bits per heavy atom. The summed E-state index contributed by atoms with van der Waals surface area (Å²) >= 11 is 0. The quantitative estimate of drug-likeness (QED) is 0.330. The number of nitrogens with one attached hydrogen (secondary N) is 3. The molecule has 0 spiro atoms. The summed E-state index contributed by atoms with van der Waals surface area (Å²) in [5.41, 5.74) is -2.00. The van der Waals surface area contributed by atoms with Gasteiger partial charge in [-0.25, -0.2) is 36.4 Å². The van der Waals surface area contributed by atoms with Gasteiger partial charge in [-0.05, 0) is 87.7 Å². The first-order valence-electron chi connectivity index (χ1n) is 20.8. The van der Waals surface area contributed by atoms with Crippen molar-refractivity contribution >= 4 is 44.9 Å². The van der Waals surface area contributed by atoms with Gasteiger partial charge in [0.1, 0.15) is 41.3 Å². The number of hydrogen-bond donors (Lipinski definition) is 3. The highest BCUT2D eigenvalue weighted by Gasteiger charge is 2.67. The number of hydrogen-bond acceptors (Lipinski definition) is 10. The minimum atomic E-state index is -4.25. The van der Waals surface area contributed by atoms with Crippen LogP contribution >= 0.6 is 0 Å². The van der Waals surface area contributed by atoms with E-state index in [-0.39, 0.29) is 49.2 Å². The number of sulfonamides is 1. The Morgan fingerprint density at radius 3 is 2.46 bits per heavy atom. The first kappa shape index (κ1) is 42.9. The van der Waals surface area contributed by atoms with Crippen molar-refractivity contribution in [2.45, 2.75) is 153 Å². The Kier molecular flexibility index (Phi) is 11.6. The zero-order chi connectivity index (χ0) is 42.7. The number of aryl methyl sites for hydroxylation is 1. The highest BCUT2D eigenvalue weighted by molar-refractivity contribution is 7.91. The van der Waals surface area contributed by atoms with Crippen molar-refractivity contribution in [2.75, 3.05) is 6.54 Å². The van der Waals surface area contributed by atoms with Gasteiger partial charge >= 0.3 is 6.09 Å². The Balaban J connectivity index is 1.23. The topological polar surface area (TPSA) is 186 Å². The Bertz CT molecular complexity index is 2100. The molecule has 1 aromatic carbocycles. The van der Waals surface area contributed by atoms with Crippen LogP contribution in [-0.4, -0.2) is 94.6 Å². The number of rotatable bonds is 7. The minimum Gasteiger partial charge on any atom is -0.471 e. The van der Waals surface area contributed by atoms with Crippen LogP contribution in [0, 0.1) is 29.0 Å². The Labute approximate surface area is 342 Å². The number of benzene rings is 1. The van der Waals surface area contributed by atoms with E-state index in [0.29, 0.717) is 36.4 Å². The van der Waals surface area contributed by atoms with Crippen LogP contribution in [-0.2, 0) is 35.6 Å². The lowest BCUT2D eigenvalue weighted by Crippen LogP contribution is -2.60. The van der Waals surface area contributed by atoms with Gasteiger partial charge in [0.25, 0.3) is 5.91 Å². The molecule has 3 aliphatic carbocycles. The van der Waals surface area contributed by atoms with Crippen molar-refractivity contribution in [1.29, 1.82) is 0 Å². The highest BCUT2D eigenvalue weighted by atomic mass is 32.2. The van der Waals surface area contributed by atoms with Crippen LogP contribution < -0.4 is 20.1 Å². The van der Waals surface area contributed by atoms with Crippen LogP contribution in [0.1, 0.15) is 111 Å². The summed E-state index contributed by atoms with van der Waals surface area (Å²) in [6.45, 7) is 8.54. The van der Waals surface area contributed by atoms with Gasteiger partial charge in [-0.15, -0.1) is 0 Å². The van der Waals surface area contributed by atoms with Crippen molar-refractivity contribution in [3.05, 3.63) is 29.7 Å². The van der Waals surface area contributed by atoms with Gasteiger partial charge in [0, 0.05) is 12.5 Å². The average Bonchev–Trinajstić information content (AvgIpc) is 4.00. The summed E-state index contributed by atoms with van der Waals surface area (Å²) < 4.78 is 82.1. The number of carbonyl (C=O) groups excluding carboxylic acids is 4. The van der Waals surface area contributed by atoms with Gasteiger partial charge in [-0.3, -0.25) is 19.1 Å². The second-order valence-electron chi connectivity index (χ2n) is 18.5. The van der Waals surface area contributed by atoms with Crippen molar-refractivity contribution in [3.63, 3.8) is 0 Å². The summed E-state index contributed by atoms with van der Waals surface area (Å²) in [6.07, 6.45) is 0.937. The van der Waals surface area contributed by atoms with Gasteiger partial charge < -0.3 is 25.0 Å². The van der Waals surface area contributed by atoms with E-state index >= 15 is 0 Å². The molecule has 7 rings (SSSR count). The fourth-order valence-electron chi connectivity index (χ4n) is 9.11. The molecule has 3 N–H and O–H groups in total. The van der Waals surface area contributed by atoms with Crippen molar-refractivity contribution in [2.24, 2.45) is 23.2 Å². The van der Waals surface area contributed by atoms with Crippen molar-refractivity contribution in [1.82, 2.24) is 30.2 Å². The number of alkyl halides is 2. The second-order valence-corrected chi connectivity index (χ2v) is 20.7. The number of alkyl carbamates (subject to hydrolysis) is 1. The summed E-state index contributed by atoms with van der Waals surface area (Å²) in [5.74, 6) is -4.58. The van der Waals surface area contributed by atoms with Gasteiger partial charge in [0.2, 0.25) is 34.1 Å². The molecule has 5 aliphatic rings. The Morgan fingerprint density at radius 1 is 1.05 bits per heavy atom. The predicted molar refractivity (Wildman–Crippen MR) is 209 cm³/mol. The fraction of sp³-hybridized carbons (Fsp3) is 0.707. The lowest BCUT2D eigenvalue weighted by Gasteiger charge is -2.36. The third-order valence-electron chi connectivity index (χ3n) is 13.2. The van der Waals surface area contributed by atoms with E-state index in [1.165, 1.54) is 30.0 Å². The molecule has 14 nitrogen and oxygen atoms in total. The molecule has 4 fully saturated rings. The van der Waals surface area contributed by atoms with Crippen molar-refractivity contribution in [3.8, 4) is 5.88 Å². The van der Waals surface area contributed by atoms with Crippen LogP contribution in [0.3, 0.4) is 0 Å². The maximum absolute atomic E-state index is 14.8. The molecular formula is C41H55F3N6O8S. The molecule has 8 atom stereocenters. The number of carbonyl (C=O) groups is 4. The largest absolute Gasteiger partial charge is 0.471 e. The molecular weight excluding hydrogens is 794 g/mol. The van der Waals surface area contributed by atoms with Gasteiger partial charge in [0.05, 0.1) is 28.2 Å².